The van der Waals surface area contributed by atoms with Crippen molar-refractivity contribution in [1.29, 1.82) is 0 Å². The van der Waals surface area contributed by atoms with Crippen molar-refractivity contribution in [2.45, 2.75) is 6.92 Å². The first-order valence-corrected chi connectivity index (χ1v) is 8.95. The van der Waals surface area contributed by atoms with E-state index in [0.29, 0.717) is 22.3 Å². The van der Waals surface area contributed by atoms with Crippen molar-refractivity contribution < 1.29 is 19.1 Å². The van der Waals surface area contributed by atoms with Crippen LogP contribution in [0.3, 0.4) is 0 Å². The summed E-state index contributed by atoms with van der Waals surface area (Å²) in [4.78, 5) is 27.7. The quantitative estimate of drug-likeness (QED) is 0.674. The van der Waals surface area contributed by atoms with Crippen molar-refractivity contribution in [3.8, 4) is 11.5 Å². The van der Waals surface area contributed by atoms with Gasteiger partial charge in [-0.3, -0.25) is 14.9 Å². The standard InChI is InChI=1S/C19H15N3O4S/c1-11(23)20-13-4-5-14-17(9-13)27-19(21-14)22-18(24)7-3-12-2-6-15-16(8-12)26-10-25-15/h2-9H,10H2,1H3,(H,20,23)(H,21,22,24)/b7-3+. The molecule has 0 bridgehead atoms. The Hall–Kier alpha value is -3.39. The third-order valence-electron chi connectivity index (χ3n) is 3.76. The zero-order valence-corrected chi connectivity index (χ0v) is 15.1. The average Bonchev–Trinajstić information content (AvgIpc) is 3.24. The molecule has 0 atom stereocenters. The normalized spacial score (nSPS) is 12.5. The SMILES string of the molecule is CC(=O)Nc1ccc2nc(NC(=O)/C=C/c3ccc4c(c3)OCO4)sc2c1. The van der Waals surface area contributed by atoms with Crippen LogP contribution in [0.15, 0.2) is 42.5 Å². The number of hydrogen-bond acceptors (Lipinski definition) is 6. The van der Waals surface area contributed by atoms with Gasteiger partial charge in [0.25, 0.3) is 0 Å². The summed E-state index contributed by atoms with van der Waals surface area (Å²) in [5, 5.41) is 5.97. The number of carbonyl (C=O) groups is 2. The Labute approximate surface area is 158 Å². The predicted octanol–water partition coefficient (Wildman–Crippen LogP) is 3.64. The molecule has 1 aromatic heterocycles. The van der Waals surface area contributed by atoms with Gasteiger partial charge in [0, 0.05) is 18.7 Å². The lowest BCUT2D eigenvalue weighted by Crippen LogP contribution is -2.07. The number of nitrogens with zero attached hydrogens (tertiary/aromatic N) is 1. The largest absolute Gasteiger partial charge is 0.454 e. The summed E-state index contributed by atoms with van der Waals surface area (Å²) >= 11 is 1.34. The summed E-state index contributed by atoms with van der Waals surface area (Å²) in [6, 6.07) is 10.9. The Balaban J connectivity index is 1.45. The monoisotopic (exact) mass is 381 g/mol. The molecule has 2 amide bonds. The van der Waals surface area contributed by atoms with Crippen molar-refractivity contribution in [3.05, 3.63) is 48.0 Å². The Morgan fingerprint density at radius 1 is 1.11 bits per heavy atom. The highest BCUT2D eigenvalue weighted by molar-refractivity contribution is 7.22. The van der Waals surface area contributed by atoms with Crippen LogP contribution in [-0.2, 0) is 9.59 Å². The summed E-state index contributed by atoms with van der Waals surface area (Å²) in [6.07, 6.45) is 3.13. The highest BCUT2D eigenvalue weighted by Crippen LogP contribution is 2.33. The lowest BCUT2D eigenvalue weighted by Gasteiger charge is -1.99. The van der Waals surface area contributed by atoms with Crippen LogP contribution in [0.2, 0.25) is 0 Å². The van der Waals surface area contributed by atoms with E-state index in [0.717, 1.165) is 15.8 Å². The fourth-order valence-electron chi connectivity index (χ4n) is 2.59. The molecule has 0 spiro atoms. The van der Waals surface area contributed by atoms with E-state index in [4.69, 9.17) is 9.47 Å². The van der Waals surface area contributed by atoms with E-state index < -0.39 is 0 Å². The van der Waals surface area contributed by atoms with Gasteiger partial charge in [0.1, 0.15) is 0 Å². The Kier molecular flexibility index (Phi) is 4.47. The van der Waals surface area contributed by atoms with E-state index in [9.17, 15) is 9.59 Å². The number of hydrogen-bond donors (Lipinski definition) is 2. The molecule has 1 aliphatic heterocycles. The zero-order chi connectivity index (χ0) is 18.8. The van der Waals surface area contributed by atoms with Crippen molar-refractivity contribution >= 4 is 50.3 Å². The third kappa shape index (κ3) is 3.90. The van der Waals surface area contributed by atoms with Gasteiger partial charge in [0.2, 0.25) is 18.6 Å². The van der Waals surface area contributed by atoms with Crippen LogP contribution in [0.25, 0.3) is 16.3 Å². The van der Waals surface area contributed by atoms with E-state index >= 15 is 0 Å². The topological polar surface area (TPSA) is 89.6 Å². The number of amides is 2. The number of thiazole rings is 1. The van der Waals surface area contributed by atoms with Gasteiger partial charge in [-0.15, -0.1) is 0 Å². The van der Waals surface area contributed by atoms with Crippen molar-refractivity contribution in [2.75, 3.05) is 17.4 Å². The first-order chi connectivity index (χ1) is 13.1. The number of rotatable bonds is 4. The molecule has 0 fully saturated rings. The predicted molar refractivity (Wildman–Crippen MR) is 104 cm³/mol. The first kappa shape index (κ1) is 17.0. The fraction of sp³-hybridized carbons (Fsp3) is 0.105. The van der Waals surface area contributed by atoms with Gasteiger partial charge in [-0.25, -0.2) is 4.98 Å². The molecule has 8 heteroatoms. The smallest absolute Gasteiger partial charge is 0.250 e. The van der Waals surface area contributed by atoms with E-state index in [-0.39, 0.29) is 18.6 Å². The summed E-state index contributed by atoms with van der Waals surface area (Å²) in [5.41, 5.74) is 2.28. The second-order valence-electron chi connectivity index (χ2n) is 5.82. The average molecular weight is 381 g/mol. The van der Waals surface area contributed by atoms with Crippen molar-refractivity contribution in [3.63, 3.8) is 0 Å². The maximum absolute atomic E-state index is 12.2. The minimum Gasteiger partial charge on any atom is -0.454 e. The molecule has 136 valence electrons. The molecule has 7 nitrogen and oxygen atoms in total. The van der Waals surface area contributed by atoms with Crippen LogP contribution in [0, 0.1) is 0 Å². The second kappa shape index (κ2) is 7.08. The van der Waals surface area contributed by atoms with Crippen LogP contribution in [0.1, 0.15) is 12.5 Å². The molecule has 0 saturated carbocycles. The Bertz CT molecular complexity index is 1070. The molecule has 4 rings (SSSR count). The lowest BCUT2D eigenvalue weighted by molar-refractivity contribution is -0.114. The number of carbonyl (C=O) groups excluding carboxylic acids is 2. The third-order valence-corrected chi connectivity index (χ3v) is 4.70. The summed E-state index contributed by atoms with van der Waals surface area (Å²) in [6.45, 7) is 1.67. The summed E-state index contributed by atoms with van der Waals surface area (Å²) in [5.74, 6) is 0.943. The van der Waals surface area contributed by atoms with Crippen molar-refractivity contribution in [2.24, 2.45) is 0 Å². The van der Waals surface area contributed by atoms with Crippen molar-refractivity contribution in [1.82, 2.24) is 4.98 Å². The number of anilines is 2. The Morgan fingerprint density at radius 3 is 2.81 bits per heavy atom. The highest BCUT2D eigenvalue weighted by Gasteiger charge is 2.12. The molecule has 0 saturated heterocycles. The minimum atomic E-state index is -0.284. The van der Waals surface area contributed by atoms with Gasteiger partial charge < -0.3 is 14.8 Å². The molecule has 27 heavy (non-hydrogen) atoms. The molecular weight excluding hydrogens is 366 g/mol. The first-order valence-electron chi connectivity index (χ1n) is 8.14. The number of fused-ring (bicyclic) bond motifs is 2. The molecule has 0 aliphatic carbocycles. The summed E-state index contributed by atoms with van der Waals surface area (Å²) < 4.78 is 11.4. The number of aromatic nitrogens is 1. The fourth-order valence-corrected chi connectivity index (χ4v) is 3.50. The van der Waals surface area contributed by atoms with Crippen LogP contribution in [-0.4, -0.2) is 23.6 Å². The van der Waals surface area contributed by atoms with Crippen LogP contribution >= 0.6 is 11.3 Å². The van der Waals surface area contributed by atoms with Crippen LogP contribution < -0.4 is 20.1 Å². The number of ether oxygens (including phenoxy) is 2. The van der Waals surface area contributed by atoms with Crippen LogP contribution in [0.5, 0.6) is 11.5 Å². The van der Waals surface area contributed by atoms with Gasteiger partial charge in [0.15, 0.2) is 16.6 Å². The molecule has 2 N–H and O–H groups in total. The highest BCUT2D eigenvalue weighted by atomic mass is 32.1. The second-order valence-corrected chi connectivity index (χ2v) is 6.85. The van der Waals surface area contributed by atoms with Gasteiger partial charge in [-0.1, -0.05) is 17.4 Å². The number of nitrogens with one attached hydrogen (secondary N) is 2. The zero-order valence-electron chi connectivity index (χ0n) is 14.3. The lowest BCUT2D eigenvalue weighted by atomic mass is 10.2. The molecule has 0 radical (unpaired) electrons. The molecule has 0 unspecified atom stereocenters. The van der Waals surface area contributed by atoms with Gasteiger partial charge >= 0.3 is 0 Å². The minimum absolute atomic E-state index is 0.138. The number of benzene rings is 2. The van der Waals surface area contributed by atoms with Crippen LogP contribution in [0.4, 0.5) is 10.8 Å². The Morgan fingerprint density at radius 2 is 1.96 bits per heavy atom. The molecule has 1 aliphatic rings. The van der Waals surface area contributed by atoms with Gasteiger partial charge in [-0.2, -0.15) is 0 Å². The van der Waals surface area contributed by atoms with E-state index in [2.05, 4.69) is 15.6 Å². The maximum atomic E-state index is 12.2. The molecule has 2 aromatic carbocycles. The molecular formula is C19H15N3O4S. The maximum Gasteiger partial charge on any atom is 0.250 e. The van der Waals surface area contributed by atoms with Gasteiger partial charge in [-0.05, 0) is 42.0 Å². The van der Waals surface area contributed by atoms with Gasteiger partial charge in [0.05, 0.1) is 10.2 Å². The van der Waals surface area contributed by atoms with E-state index in [1.54, 1.807) is 24.3 Å². The summed E-state index contributed by atoms with van der Waals surface area (Å²) in [7, 11) is 0. The molecule has 3 aromatic rings. The van der Waals surface area contributed by atoms with E-state index in [1.165, 1.54) is 24.3 Å². The van der Waals surface area contributed by atoms with E-state index in [1.807, 2.05) is 18.2 Å². The molecule has 2 heterocycles.